The van der Waals surface area contributed by atoms with Crippen LogP contribution in [-0.2, 0) is 6.42 Å². The summed E-state index contributed by atoms with van der Waals surface area (Å²) >= 11 is 0. The minimum Gasteiger partial charge on any atom is -0.382 e. The summed E-state index contributed by atoms with van der Waals surface area (Å²) in [6, 6.07) is 6.09. The van der Waals surface area contributed by atoms with Crippen molar-refractivity contribution in [2.45, 2.75) is 12.5 Å². The van der Waals surface area contributed by atoms with Crippen LogP contribution in [0.4, 0.5) is 5.69 Å². The Hall–Kier alpha value is -1.94. The molecule has 3 rings (SSSR count). The molecule has 92 valence electrons. The normalized spacial score (nSPS) is 15.6. The number of hydrogen-bond donors (Lipinski definition) is 1. The van der Waals surface area contributed by atoms with Gasteiger partial charge in [-0.05, 0) is 23.6 Å². The van der Waals surface area contributed by atoms with Gasteiger partial charge in [0.25, 0.3) is 0 Å². The van der Waals surface area contributed by atoms with Crippen molar-refractivity contribution in [3.05, 3.63) is 53.6 Å². The highest BCUT2D eigenvalue weighted by Crippen LogP contribution is 2.30. The second-order valence-corrected chi connectivity index (χ2v) is 4.59. The number of rotatable bonds is 2. The van der Waals surface area contributed by atoms with Gasteiger partial charge in [0, 0.05) is 31.7 Å². The lowest BCUT2D eigenvalue weighted by atomic mass is 10.0. The second kappa shape index (κ2) is 4.38. The molecule has 2 aromatic rings. The van der Waals surface area contributed by atoms with Crippen LogP contribution in [0.25, 0.3) is 0 Å². The molecule has 0 bridgehead atoms. The van der Waals surface area contributed by atoms with Gasteiger partial charge in [-0.2, -0.15) is 0 Å². The van der Waals surface area contributed by atoms with Gasteiger partial charge in [-0.15, -0.1) is 0 Å². The third kappa shape index (κ3) is 1.84. The van der Waals surface area contributed by atoms with Gasteiger partial charge < -0.3 is 10.0 Å². The standard InChI is InChI=1S/C14H15N3O/c1-17-7-4-10-8-11(2-3-13(10)17)14(18)12-9-15-5-6-16-12/h2-3,5-6,8-9,14,18H,4,7H2,1H3. The van der Waals surface area contributed by atoms with E-state index in [2.05, 4.69) is 34.0 Å². The Morgan fingerprint density at radius 3 is 3.00 bits per heavy atom. The van der Waals surface area contributed by atoms with E-state index in [4.69, 9.17) is 0 Å². The maximum absolute atomic E-state index is 10.3. The molecule has 0 amide bonds. The highest BCUT2D eigenvalue weighted by molar-refractivity contribution is 5.58. The van der Waals surface area contributed by atoms with E-state index in [1.807, 2.05) is 6.07 Å². The molecule has 1 aromatic carbocycles. The fraction of sp³-hybridized carbons (Fsp3) is 0.286. The van der Waals surface area contributed by atoms with E-state index >= 15 is 0 Å². The zero-order valence-corrected chi connectivity index (χ0v) is 10.2. The van der Waals surface area contributed by atoms with Crippen LogP contribution in [0.5, 0.6) is 0 Å². The van der Waals surface area contributed by atoms with Gasteiger partial charge in [0.2, 0.25) is 0 Å². The van der Waals surface area contributed by atoms with Crippen LogP contribution in [0.2, 0.25) is 0 Å². The molecule has 1 N–H and O–H groups in total. The van der Waals surface area contributed by atoms with Crippen LogP contribution in [0.1, 0.15) is 22.9 Å². The van der Waals surface area contributed by atoms with Gasteiger partial charge in [0.1, 0.15) is 6.10 Å². The molecule has 0 saturated carbocycles. The maximum atomic E-state index is 10.3. The number of aliphatic hydroxyl groups is 1. The SMILES string of the molecule is CN1CCc2cc(C(O)c3cnccn3)ccc21. The van der Waals surface area contributed by atoms with Crippen LogP contribution in [0.15, 0.2) is 36.8 Å². The number of aliphatic hydroxyl groups excluding tert-OH is 1. The summed E-state index contributed by atoms with van der Waals surface area (Å²) in [7, 11) is 2.09. The third-order valence-electron chi connectivity index (χ3n) is 3.41. The van der Waals surface area contributed by atoms with E-state index < -0.39 is 6.10 Å². The van der Waals surface area contributed by atoms with Crippen LogP contribution < -0.4 is 4.90 Å². The predicted molar refractivity (Wildman–Crippen MR) is 69.5 cm³/mol. The average molecular weight is 241 g/mol. The average Bonchev–Trinajstić information content (AvgIpc) is 2.80. The topological polar surface area (TPSA) is 49.2 Å². The molecular formula is C14H15N3O. The first-order valence-corrected chi connectivity index (χ1v) is 6.03. The number of aromatic nitrogens is 2. The molecule has 1 aromatic heterocycles. The molecule has 0 saturated heterocycles. The largest absolute Gasteiger partial charge is 0.382 e. The number of benzene rings is 1. The Labute approximate surface area is 106 Å². The molecule has 0 fully saturated rings. The summed E-state index contributed by atoms with van der Waals surface area (Å²) < 4.78 is 0. The molecule has 1 atom stereocenters. The molecule has 1 unspecified atom stereocenters. The van der Waals surface area contributed by atoms with Crippen molar-refractivity contribution in [2.75, 3.05) is 18.5 Å². The molecule has 0 radical (unpaired) electrons. The van der Waals surface area contributed by atoms with E-state index in [0.29, 0.717) is 5.69 Å². The maximum Gasteiger partial charge on any atom is 0.123 e. The Balaban J connectivity index is 1.94. The highest BCUT2D eigenvalue weighted by Gasteiger charge is 2.19. The fourth-order valence-corrected chi connectivity index (χ4v) is 2.38. The van der Waals surface area contributed by atoms with Crippen LogP contribution in [0, 0.1) is 0 Å². The first-order valence-electron chi connectivity index (χ1n) is 6.03. The smallest absolute Gasteiger partial charge is 0.123 e. The van der Waals surface area contributed by atoms with Gasteiger partial charge in [0.05, 0.1) is 11.9 Å². The fourth-order valence-electron chi connectivity index (χ4n) is 2.38. The molecule has 18 heavy (non-hydrogen) atoms. The van der Waals surface area contributed by atoms with E-state index in [1.165, 1.54) is 11.3 Å². The van der Waals surface area contributed by atoms with Gasteiger partial charge >= 0.3 is 0 Å². The van der Waals surface area contributed by atoms with Crippen molar-refractivity contribution in [1.29, 1.82) is 0 Å². The molecule has 0 spiro atoms. The van der Waals surface area contributed by atoms with Crippen molar-refractivity contribution in [3.63, 3.8) is 0 Å². The van der Waals surface area contributed by atoms with E-state index in [-0.39, 0.29) is 0 Å². The summed E-state index contributed by atoms with van der Waals surface area (Å²) in [4.78, 5) is 10.4. The van der Waals surface area contributed by atoms with Gasteiger partial charge in [0.15, 0.2) is 0 Å². The van der Waals surface area contributed by atoms with Crippen molar-refractivity contribution in [2.24, 2.45) is 0 Å². The van der Waals surface area contributed by atoms with Gasteiger partial charge in [-0.25, -0.2) is 0 Å². The molecule has 1 aliphatic heterocycles. The second-order valence-electron chi connectivity index (χ2n) is 4.59. The van der Waals surface area contributed by atoms with Gasteiger partial charge in [-0.1, -0.05) is 12.1 Å². The lowest BCUT2D eigenvalue weighted by molar-refractivity contribution is 0.215. The zero-order valence-electron chi connectivity index (χ0n) is 10.2. The third-order valence-corrected chi connectivity index (χ3v) is 3.41. The number of fused-ring (bicyclic) bond motifs is 1. The predicted octanol–water partition coefficient (Wildman–Crippen LogP) is 1.55. The molecule has 1 aliphatic rings. The molecule has 0 aliphatic carbocycles. The Morgan fingerprint density at radius 2 is 2.22 bits per heavy atom. The highest BCUT2D eigenvalue weighted by atomic mass is 16.3. The summed E-state index contributed by atoms with van der Waals surface area (Å²) in [5.74, 6) is 0. The summed E-state index contributed by atoms with van der Waals surface area (Å²) in [6.45, 7) is 1.04. The molecule has 4 nitrogen and oxygen atoms in total. The van der Waals surface area contributed by atoms with Crippen molar-refractivity contribution >= 4 is 5.69 Å². The molecule has 2 heterocycles. The minimum atomic E-state index is -0.699. The first kappa shape index (κ1) is 11.2. The first-order chi connectivity index (χ1) is 8.75. The lowest BCUT2D eigenvalue weighted by Gasteiger charge is -2.14. The van der Waals surface area contributed by atoms with Crippen molar-refractivity contribution in [1.82, 2.24) is 9.97 Å². The van der Waals surface area contributed by atoms with E-state index in [1.54, 1.807) is 18.6 Å². The lowest BCUT2D eigenvalue weighted by Crippen LogP contribution is -2.12. The minimum absolute atomic E-state index is 0.587. The van der Waals surface area contributed by atoms with E-state index in [9.17, 15) is 5.11 Å². The number of likely N-dealkylation sites (N-methyl/N-ethyl adjacent to an activating group) is 1. The summed E-state index contributed by atoms with van der Waals surface area (Å²) in [5, 5.41) is 10.3. The van der Waals surface area contributed by atoms with Crippen molar-refractivity contribution in [3.8, 4) is 0 Å². The number of hydrogen-bond acceptors (Lipinski definition) is 4. The van der Waals surface area contributed by atoms with Crippen LogP contribution in [-0.4, -0.2) is 28.7 Å². The van der Waals surface area contributed by atoms with Crippen molar-refractivity contribution < 1.29 is 5.11 Å². The Kier molecular flexibility index (Phi) is 2.72. The zero-order chi connectivity index (χ0) is 12.5. The van der Waals surface area contributed by atoms with Gasteiger partial charge in [-0.3, -0.25) is 9.97 Å². The Bertz CT molecular complexity index is 556. The summed E-state index contributed by atoms with van der Waals surface area (Å²) in [6.07, 6.45) is 5.14. The quantitative estimate of drug-likeness (QED) is 0.866. The van der Waals surface area contributed by atoms with E-state index in [0.717, 1.165) is 18.5 Å². The molecule has 4 heteroatoms. The number of anilines is 1. The molecular weight excluding hydrogens is 226 g/mol. The number of nitrogens with zero attached hydrogens (tertiary/aromatic N) is 3. The monoisotopic (exact) mass is 241 g/mol. The Morgan fingerprint density at radius 1 is 1.33 bits per heavy atom. The van der Waals surface area contributed by atoms with Crippen LogP contribution >= 0.6 is 0 Å². The van der Waals surface area contributed by atoms with Crippen LogP contribution in [0.3, 0.4) is 0 Å². The summed E-state index contributed by atoms with van der Waals surface area (Å²) in [5.41, 5.74) is 4.01.